The molecule has 0 radical (unpaired) electrons. The van der Waals surface area contributed by atoms with Crippen LogP contribution in [-0.2, 0) is 11.3 Å². The topological polar surface area (TPSA) is 43.2 Å². The molecule has 2 aromatic heterocycles. The second-order valence-electron chi connectivity index (χ2n) is 6.48. The lowest BCUT2D eigenvalue weighted by molar-refractivity contribution is 0.0275. The van der Waals surface area contributed by atoms with E-state index in [2.05, 4.69) is 59.3 Å². The monoisotopic (exact) mass is 322 g/mol. The Morgan fingerprint density at radius 2 is 2.12 bits per heavy atom. The molecule has 1 fully saturated rings. The molecule has 5 nitrogen and oxygen atoms in total. The Bertz CT molecular complexity index is 857. The Hall–Kier alpha value is -2.40. The van der Waals surface area contributed by atoms with E-state index in [0.717, 1.165) is 37.5 Å². The predicted octanol–water partition coefficient (Wildman–Crippen LogP) is 2.95. The molecule has 1 aliphatic heterocycles. The molecule has 0 N–H and O–H groups in total. The van der Waals surface area contributed by atoms with Gasteiger partial charge < -0.3 is 9.64 Å². The molecule has 0 amide bonds. The standard InChI is InChI=1S/C19H22N4O/c1-14-10-20-23(11-14)13-16-12-22(7-8-24-16)19-9-15(2)21-18-6-4-3-5-17(18)19/h3-6,9-11,16H,7-8,12-13H2,1-2H3. The second-order valence-corrected chi connectivity index (χ2v) is 6.48. The zero-order valence-electron chi connectivity index (χ0n) is 14.1. The summed E-state index contributed by atoms with van der Waals surface area (Å²) < 4.78 is 7.94. The lowest BCUT2D eigenvalue weighted by Gasteiger charge is -2.35. The molecule has 5 heteroatoms. The van der Waals surface area contributed by atoms with Crippen LogP contribution in [0.5, 0.6) is 0 Å². The van der Waals surface area contributed by atoms with Crippen molar-refractivity contribution in [2.24, 2.45) is 0 Å². The van der Waals surface area contributed by atoms with Crippen LogP contribution < -0.4 is 4.90 Å². The maximum absolute atomic E-state index is 5.97. The lowest BCUT2D eigenvalue weighted by atomic mass is 10.1. The molecule has 124 valence electrons. The van der Waals surface area contributed by atoms with Gasteiger partial charge in [0.1, 0.15) is 0 Å². The molecule has 0 bridgehead atoms. The van der Waals surface area contributed by atoms with Gasteiger partial charge in [-0.2, -0.15) is 5.10 Å². The van der Waals surface area contributed by atoms with Gasteiger partial charge in [-0.05, 0) is 31.5 Å². The number of anilines is 1. The van der Waals surface area contributed by atoms with Gasteiger partial charge >= 0.3 is 0 Å². The number of pyridine rings is 1. The second kappa shape index (κ2) is 6.24. The Labute approximate surface area is 141 Å². The first-order valence-electron chi connectivity index (χ1n) is 8.41. The van der Waals surface area contributed by atoms with Crippen molar-refractivity contribution in [1.29, 1.82) is 0 Å². The van der Waals surface area contributed by atoms with Crippen molar-refractivity contribution in [3.63, 3.8) is 0 Å². The largest absolute Gasteiger partial charge is 0.373 e. The highest BCUT2D eigenvalue weighted by Gasteiger charge is 2.23. The summed E-state index contributed by atoms with van der Waals surface area (Å²) in [5.74, 6) is 0. The number of rotatable bonds is 3. The Morgan fingerprint density at radius 3 is 2.96 bits per heavy atom. The van der Waals surface area contributed by atoms with Crippen molar-refractivity contribution in [3.05, 3.63) is 54.0 Å². The Balaban J connectivity index is 1.60. The van der Waals surface area contributed by atoms with Gasteiger partial charge in [0.25, 0.3) is 0 Å². The molecular formula is C19H22N4O. The summed E-state index contributed by atoms with van der Waals surface area (Å²) in [4.78, 5) is 7.07. The van der Waals surface area contributed by atoms with E-state index in [1.54, 1.807) is 0 Å². The molecule has 3 aromatic rings. The fourth-order valence-corrected chi connectivity index (χ4v) is 3.37. The number of ether oxygens (including phenoxy) is 1. The van der Waals surface area contributed by atoms with Crippen molar-refractivity contribution in [2.45, 2.75) is 26.5 Å². The molecule has 1 aliphatic rings. The van der Waals surface area contributed by atoms with Gasteiger partial charge in [-0.3, -0.25) is 9.67 Å². The summed E-state index contributed by atoms with van der Waals surface area (Å²) in [7, 11) is 0. The summed E-state index contributed by atoms with van der Waals surface area (Å²) in [6.45, 7) is 7.41. The molecule has 1 atom stereocenters. The Kier molecular flexibility index (Phi) is 3.94. The van der Waals surface area contributed by atoms with Crippen molar-refractivity contribution in [2.75, 3.05) is 24.6 Å². The van der Waals surface area contributed by atoms with E-state index >= 15 is 0 Å². The molecule has 0 spiro atoms. The van der Waals surface area contributed by atoms with Gasteiger partial charge in [-0.25, -0.2) is 0 Å². The molecule has 4 rings (SSSR count). The highest BCUT2D eigenvalue weighted by molar-refractivity contribution is 5.92. The third kappa shape index (κ3) is 2.99. The zero-order valence-corrected chi connectivity index (χ0v) is 14.1. The minimum atomic E-state index is 0.144. The van der Waals surface area contributed by atoms with Crippen LogP contribution >= 0.6 is 0 Å². The van der Waals surface area contributed by atoms with Crippen LogP contribution in [0.1, 0.15) is 11.3 Å². The summed E-state index contributed by atoms with van der Waals surface area (Å²) in [5.41, 5.74) is 4.54. The van der Waals surface area contributed by atoms with Crippen LogP contribution in [0.2, 0.25) is 0 Å². The van der Waals surface area contributed by atoms with E-state index in [4.69, 9.17) is 4.74 Å². The van der Waals surface area contributed by atoms with E-state index < -0.39 is 0 Å². The summed E-state index contributed by atoms with van der Waals surface area (Å²) in [5, 5.41) is 5.59. The van der Waals surface area contributed by atoms with E-state index in [-0.39, 0.29) is 6.10 Å². The molecule has 1 unspecified atom stereocenters. The van der Waals surface area contributed by atoms with Crippen LogP contribution in [0, 0.1) is 13.8 Å². The van der Waals surface area contributed by atoms with Crippen LogP contribution in [0.4, 0.5) is 5.69 Å². The molecule has 0 aliphatic carbocycles. The minimum absolute atomic E-state index is 0.144. The fourth-order valence-electron chi connectivity index (χ4n) is 3.37. The van der Waals surface area contributed by atoms with E-state index in [1.165, 1.54) is 16.6 Å². The van der Waals surface area contributed by atoms with Gasteiger partial charge in [-0.15, -0.1) is 0 Å². The molecular weight excluding hydrogens is 300 g/mol. The van der Waals surface area contributed by atoms with Gasteiger partial charge in [0, 0.05) is 36.1 Å². The first-order valence-corrected chi connectivity index (χ1v) is 8.41. The number of benzene rings is 1. The Morgan fingerprint density at radius 1 is 1.25 bits per heavy atom. The number of hydrogen-bond acceptors (Lipinski definition) is 4. The van der Waals surface area contributed by atoms with Crippen LogP contribution in [0.15, 0.2) is 42.7 Å². The van der Waals surface area contributed by atoms with Crippen molar-refractivity contribution in [3.8, 4) is 0 Å². The van der Waals surface area contributed by atoms with E-state index in [0.29, 0.717) is 0 Å². The van der Waals surface area contributed by atoms with Crippen molar-refractivity contribution >= 4 is 16.6 Å². The van der Waals surface area contributed by atoms with Crippen LogP contribution in [0.25, 0.3) is 10.9 Å². The number of para-hydroxylation sites is 1. The average molecular weight is 322 g/mol. The lowest BCUT2D eigenvalue weighted by Crippen LogP contribution is -2.44. The molecule has 0 saturated carbocycles. The first kappa shape index (κ1) is 15.1. The number of aromatic nitrogens is 3. The zero-order chi connectivity index (χ0) is 16.5. The quantitative estimate of drug-likeness (QED) is 0.743. The number of fused-ring (bicyclic) bond motifs is 1. The molecule has 1 saturated heterocycles. The van der Waals surface area contributed by atoms with Gasteiger partial charge in [0.05, 0.1) is 31.0 Å². The van der Waals surface area contributed by atoms with Crippen molar-refractivity contribution in [1.82, 2.24) is 14.8 Å². The molecule has 24 heavy (non-hydrogen) atoms. The number of nitrogens with zero attached hydrogens (tertiary/aromatic N) is 4. The number of morpholine rings is 1. The van der Waals surface area contributed by atoms with Gasteiger partial charge in [-0.1, -0.05) is 18.2 Å². The first-order chi connectivity index (χ1) is 11.7. The van der Waals surface area contributed by atoms with Crippen molar-refractivity contribution < 1.29 is 4.74 Å². The van der Waals surface area contributed by atoms with Crippen LogP contribution in [0.3, 0.4) is 0 Å². The summed E-state index contributed by atoms with van der Waals surface area (Å²) in [6, 6.07) is 10.5. The summed E-state index contributed by atoms with van der Waals surface area (Å²) >= 11 is 0. The summed E-state index contributed by atoms with van der Waals surface area (Å²) in [6.07, 6.45) is 4.10. The van der Waals surface area contributed by atoms with Crippen LogP contribution in [-0.4, -0.2) is 40.6 Å². The maximum atomic E-state index is 5.97. The molecule has 3 heterocycles. The van der Waals surface area contributed by atoms with E-state index in [9.17, 15) is 0 Å². The number of aryl methyl sites for hydroxylation is 2. The third-order valence-electron chi connectivity index (χ3n) is 4.45. The highest BCUT2D eigenvalue weighted by atomic mass is 16.5. The average Bonchev–Trinajstić information content (AvgIpc) is 2.99. The minimum Gasteiger partial charge on any atom is -0.373 e. The van der Waals surface area contributed by atoms with E-state index in [1.807, 2.05) is 16.9 Å². The third-order valence-corrected chi connectivity index (χ3v) is 4.45. The maximum Gasteiger partial charge on any atom is 0.0946 e. The molecule has 1 aromatic carbocycles. The normalized spacial score (nSPS) is 18.2. The SMILES string of the molecule is Cc1cnn(CC2CN(c3cc(C)nc4ccccc34)CCO2)c1. The number of hydrogen-bond donors (Lipinski definition) is 0. The fraction of sp³-hybridized carbons (Fsp3) is 0.368. The van der Waals surface area contributed by atoms with Gasteiger partial charge in [0.2, 0.25) is 0 Å². The highest BCUT2D eigenvalue weighted by Crippen LogP contribution is 2.28. The smallest absolute Gasteiger partial charge is 0.0946 e. The van der Waals surface area contributed by atoms with Gasteiger partial charge in [0.15, 0.2) is 0 Å². The predicted molar refractivity (Wildman–Crippen MR) is 95.4 cm³/mol.